The first-order valence-corrected chi connectivity index (χ1v) is 28.8. The lowest BCUT2D eigenvalue weighted by Crippen LogP contribution is -2.50. The lowest BCUT2D eigenvalue weighted by Gasteiger charge is -2.33. The SMILES string of the molecule is CNC1C(=O)N(CC2CCCS2)CCCC1C.CNC1C(=O)N(CC2CCOC2)CCCC1C.CNC1C(=O)N(CC2CCSC2)CCCC1C.CNC1C(=O)N(CC2COC2)CCCC1C. The van der Waals surface area contributed by atoms with Gasteiger partial charge in [0, 0.05) is 76.1 Å². The van der Waals surface area contributed by atoms with E-state index in [-0.39, 0.29) is 36.0 Å². The first kappa shape index (κ1) is 56.3. The number of thioether (sulfide) groups is 2. The number of amides is 4. The number of rotatable bonds is 12. The number of likely N-dealkylation sites (N-methyl/N-ethyl adjacent to an activating group) is 4. The zero-order valence-electron chi connectivity index (χ0n) is 43.1. The van der Waals surface area contributed by atoms with Crippen LogP contribution in [0.25, 0.3) is 0 Å². The summed E-state index contributed by atoms with van der Waals surface area (Å²) >= 11 is 4.07. The van der Waals surface area contributed by atoms with Crippen molar-refractivity contribution in [1.82, 2.24) is 40.9 Å². The molecule has 14 nitrogen and oxygen atoms in total. The van der Waals surface area contributed by atoms with Crippen LogP contribution in [0.1, 0.15) is 105 Å². The Kier molecular flexibility index (Phi) is 24.9. The fourth-order valence-electron chi connectivity index (χ4n) is 11.5. The van der Waals surface area contributed by atoms with Gasteiger partial charge >= 0.3 is 0 Å². The molecule has 8 aliphatic heterocycles. The summed E-state index contributed by atoms with van der Waals surface area (Å²) < 4.78 is 10.5. The Morgan fingerprint density at radius 2 is 0.866 bits per heavy atom. The van der Waals surface area contributed by atoms with Gasteiger partial charge in [-0.1, -0.05) is 27.7 Å². The van der Waals surface area contributed by atoms with E-state index in [1.165, 1.54) is 36.5 Å². The minimum Gasteiger partial charge on any atom is -0.381 e. The number of likely N-dealkylation sites (tertiary alicyclic amines) is 4. The summed E-state index contributed by atoms with van der Waals surface area (Å²) in [7, 11) is 7.59. The molecule has 0 aliphatic carbocycles. The standard InChI is InChI=1S/C13H24N2O2.2C13H24N2OS.C12H22N2O2/c1-10-4-3-6-15(13(16)12(10)14-2)8-11-5-7-17-9-11;1-10-5-3-7-15(13(16)12(10)14-2)9-11-6-4-8-17-11;1-10-4-3-6-15(13(16)12(10)14-2)8-11-5-7-17-9-11;1-9-4-3-5-14(6-10-7-16-8-10)12(15)11(9)13-2/h3*10-12,14H,3-9H2,1-2H3;9-11,13H,3-8H2,1-2H3. The maximum atomic E-state index is 12.4. The normalized spacial score (nSPS) is 34.4. The molecule has 0 saturated carbocycles. The molecule has 0 bridgehead atoms. The molecule has 386 valence electrons. The zero-order chi connectivity index (χ0) is 48.3. The van der Waals surface area contributed by atoms with Gasteiger partial charge in [0.25, 0.3) is 0 Å². The van der Waals surface area contributed by atoms with Crippen LogP contribution < -0.4 is 21.3 Å². The molecular formula is C51H94N8O6S2. The van der Waals surface area contributed by atoms with E-state index in [1.807, 2.05) is 61.5 Å². The van der Waals surface area contributed by atoms with E-state index in [2.05, 4.69) is 58.8 Å². The highest BCUT2D eigenvalue weighted by Gasteiger charge is 2.36. The highest BCUT2D eigenvalue weighted by molar-refractivity contribution is 8.00. The zero-order valence-corrected chi connectivity index (χ0v) is 44.7. The summed E-state index contributed by atoms with van der Waals surface area (Å²) in [5, 5.41) is 13.4. The maximum Gasteiger partial charge on any atom is 0.240 e. The van der Waals surface area contributed by atoms with Crippen molar-refractivity contribution in [2.75, 3.05) is 124 Å². The second kappa shape index (κ2) is 29.6. The molecule has 16 heteroatoms. The molecule has 8 heterocycles. The van der Waals surface area contributed by atoms with Crippen LogP contribution in [-0.4, -0.2) is 197 Å². The Hall–Kier alpha value is -1.66. The molecule has 4 amide bonds. The fourth-order valence-corrected chi connectivity index (χ4v) is 14.0. The van der Waals surface area contributed by atoms with Crippen molar-refractivity contribution in [3.05, 3.63) is 0 Å². The molecule has 0 aromatic rings. The topological polar surface area (TPSA) is 148 Å². The molecular weight excluding hydrogens is 885 g/mol. The number of nitrogens with one attached hydrogen (secondary N) is 4. The van der Waals surface area contributed by atoms with Crippen molar-refractivity contribution < 1.29 is 28.7 Å². The number of carbonyl (C=O) groups excluding carboxylic acids is 4. The molecule has 0 aromatic heterocycles. The summed E-state index contributed by atoms with van der Waals surface area (Å²) in [5.74, 6) is 8.67. The van der Waals surface area contributed by atoms with Gasteiger partial charge in [-0.2, -0.15) is 23.5 Å². The van der Waals surface area contributed by atoms with Crippen LogP contribution in [0.3, 0.4) is 0 Å². The molecule has 8 fully saturated rings. The summed E-state index contributed by atoms with van der Waals surface area (Å²) in [6.07, 6.45) is 14.1. The maximum absolute atomic E-state index is 12.4. The molecule has 11 unspecified atom stereocenters. The van der Waals surface area contributed by atoms with Gasteiger partial charge < -0.3 is 50.3 Å². The van der Waals surface area contributed by atoms with Crippen LogP contribution in [0.4, 0.5) is 0 Å². The number of ether oxygens (including phenoxy) is 2. The van der Waals surface area contributed by atoms with Crippen LogP contribution in [0, 0.1) is 41.4 Å². The van der Waals surface area contributed by atoms with Crippen molar-refractivity contribution >= 4 is 47.2 Å². The van der Waals surface area contributed by atoms with E-state index in [1.54, 1.807) is 0 Å². The quantitative estimate of drug-likeness (QED) is 0.216. The largest absolute Gasteiger partial charge is 0.381 e. The molecule has 0 radical (unpaired) electrons. The minimum atomic E-state index is -0.000165. The summed E-state index contributed by atoms with van der Waals surface area (Å²) in [6.45, 7) is 19.5. The second-order valence-electron chi connectivity index (χ2n) is 21.2. The van der Waals surface area contributed by atoms with E-state index in [0.29, 0.717) is 52.6 Å². The third-order valence-electron chi connectivity index (χ3n) is 15.8. The van der Waals surface area contributed by atoms with E-state index >= 15 is 0 Å². The van der Waals surface area contributed by atoms with Gasteiger partial charge in [0.1, 0.15) is 0 Å². The van der Waals surface area contributed by atoms with E-state index in [0.717, 1.165) is 142 Å². The van der Waals surface area contributed by atoms with Gasteiger partial charge in [-0.3, -0.25) is 19.2 Å². The molecule has 8 rings (SSSR count). The highest BCUT2D eigenvalue weighted by Crippen LogP contribution is 2.30. The number of hydrogen-bond acceptors (Lipinski definition) is 12. The van der Waals surface area contributed by atoms with Gasteiger partial charge in [-0.25, -0.2) is 0 Å². The molecule has 0 aromatic carbocycles. The monoisotopic (exact) mass is 979 g/mol. The highest BCUT2D eigenvalue weighted by atomic mass is 32.2. The van der Waals surface area contributed by atoms with Crippen molar-refractivity contribution in [1.29, 1.82) is 0 Å². The number of hydrogen-bond donors (Lipinski definition) is 4. The summed E-state index contributed by atoms with van der Waals surface area (Å²) in [5.41, 5.74) is 0. The Bertz CT molecular complexity index is 1350. The minimum absolute atomic E-state index is 0.000165. The molecule has 11 atom stereocenters. The first-order chi connectivity index (χ1) is 32.4. The average Bonchev–Trinajstić information content (AvgIpc) is 4.08. The van der Waals surface area contributed by atoms with Crippen LogP contribution in [-0.2, 0) is 28.7 Å². The lowest BCUT2D eigenvalue weighted by molar-refractivity contribution is -0.137. The van der Waals surface area contributed by atoms with Crippen LogP contribution in [0.5, 0.6) is 0 Å². The fraction of sp³-hybridized carbons (Fsp3) is 0.922. The van der Waals surface area contributed by atoms with E-state index in [4.69, 9.17) is 9.47 Å². The molecule has 0 spiro atoms. The van der Waals surface area contributed by atoms with Gasteiger partial charge in [-0.15, -0.1) is 0 Å². The van der Waals surface area contributed by atoms with Crippen LogP contribution in [0.2, 0.25) is 0 Å². The molecule has 67 heavy (non-hydrogen) atoms. The Balaban J connectivity index is 0.000000167. The van der Waals surface area contributed by atoms with Crippen molar-refractivity contribution in [3.63, 3.8) is 0 Å². The predicted molar refractivity (Wildman–Crippen MR) is 275 cm³/mol. The third-order valence-corrected chi connectivity index (χ3v) is 18.4. The lowest BCUT2D eigenvalue weighted by atomic mass is 9.97. The van der Waals surface area contributed by atoms with Crippen molar-refractivity contribution in [2.45, 2.75) is 134 Å². The third kappa shape index (κ3) is 17.0. The second-order valence-corrected chi connectivity index (χ2v) is 23.7. The summed E-state index contributed by atoms with van der Waals surface area (Å²) in [4.78, 5) is 57.8. The van der Waals surface area contributed by atoms with Crippen molar-refractivity contribution in [2.24, 2.45) is 41.4 Å². The number of nitrogens with zero attached hydrogens (tertiary/aromatic N) is 4. The first-order valence-electron chi connectivity index (χ1n) is 26.6. The molecule has 8 aliphatic rings. The van der Waals surface area contributed by atoms with Crippen LogP contribution in [0.15, 0.2) is 0 Å². The smallest absolute Gasteiger partial charge is 0.240 e. The predicted octanol–water partition coefficient (Wildman–Crippen LogP) is 4.66. The van der Waals surface area contributed by atoms with Gasteiger partial charge in [0.15, 0.2) is 0 Å². The average molecular weight is 979 g/mol. The van der Waals surface area contributed by atoms with Gasteiger partial charge in [0.2, 0.25) is 23.6 Å². The van der Waals surface area contributed by atoms with E-state index < -0.39 is 0 Å². The molecule has 8 saturated heterocycles. The van der Waals surface area contributed by atoms with Gasteiger partial charge in [-0.05, 0) is 152 Å². The van der Waals surface area contributed by atoms with Crippen molar-refractivity contribution in [3.8, 4) is 0 Å². The van der Waals surface area contributed by atoms with Gasteiger partial charge in [0.05, 0.1) is 44.0 Å². The van der Waals surface area contributed by atoms with E-state index in [9.17, 15) is 19.2 Å². The molecule has 4 N–H and O–H groups in total. The Morgan fingerprint density at radius 3 is 1.19 bits per heavy atom. The van der Waals surface area contributed by atoms with Crippen LogP contribution >= 0.6 is 23.5 Å². The Labute approximate surface area is 414 Å². The number of carbonyl (C=O) groups is 4. The summed E-state index contributed by atoms with van der Waals surface area (Å²) in [6, 6.07) is 0.0683. The Morgan fingerprint density at radius 1 is 0.463 bits per heavy atom.